The molecule has 2 aromatic heterocycles. The van der Waals surface area contributed by atoms with E-state index in [4.69, 9.17) is 9.72 Å². The Bertz CT molecular complexity index is 1710. The number of hydrogen-bond donors (Lipinski definition) is 3. The maximum absolute atomic E-state index is 15.0. The van der Waals surface area contributed by atoms with Crippen molar-refractivity contribution >= 4 is 28.6 Å². The minimum atomic E-state index is -1.97. The molecule has 0 radical (unpaired) electrons. The number of nitrogens with zero attached hydrogens (tertiary/aromatic N) is 2. The second-order valence-corrected chi connectivity index (χ2v) is 10.7. The summed E-state index contributed by atoms with van der Waals surface area (Å²) in [5.41, 5.74) is 2.01. The Balaban J connectivity index is 1.56. The van der Waals surface area contributed by atoms with Gasteiger partial charge in [-0.15, -0.1) is 0 Å². The summed E-state index contributed by atoms with van der Waals surface area (Å²) in [5.74, 6) is -1.88. The number of benzene rings is 1. The number of rotatable bonds is 6. The van der Waals surface area contributed by atoms with Gasteiger partial charge in [-0.1, -0.05) is 6.92 Å². The van der Waals surface area contributed by atoms with E-state index in [0.29, 0.717) is 40.9 Å². The lowest BCUT2D eigenvalue weighted by molar-refractivity contribution is -0.172. The molecule has 3 aromatic rings. The van der Waals surface area contributed by atoms with Crippen molar-refractivity contribution in [2.75, 3.05) is 13.6 Å². The van der Waals surface area contributed by atoms with Crippen molar-refractivity contribution in [1.29, 1.82) is 0 Å². The Morgan fingerprint density at radius 1 is 1.25 bits per heavy atom. The molecule has 0 spiro atoms. The Labute approximate surface area is 228 Å². The highest BCUT2D eigenvalue weighted by atomic mass is 19.1. The number of ether oxygens (including phenoxy) is 1. The number of fused-ring (bicyclic) bond motifs is 5. The van der Waals surface area contributed by atoms with Crippen LogP contribution >= 0.6 is 0 Å². The van der Waals surface area contributed by atoms with Crippen LogP contribution < -0.4 is 16.2 Å². The zero-order chi connectivity index (χ0) is 28.5. The predicted octanol–water partition coefficient (Wildman–Crippen LogP) is 1.81. The third kappa shape index (κ3) is 3.71. The SMILES string of the molecule is CC[C@@]1(O)C(=O)OCc2c1cc1n(c2=O)Cc2c-1nc1cc(F)c(C)c3c1c2[C@@H](NC(=O)CC(=O)CNC)CC3. The Hall–Kier alpha value is -3.96. The number of cyclic esters (lactones) is 1. The molecule has 10 nitrogen and oxygen atoms in total. The van der Waals surface area contributed by atoms with E-state index in [1.807, 2.05) is 0 Å². The second kappa shape index (κ2) is 9.31. The van der Waals surface area contributed by atoms with Crippen LogP contribution in [0.3, 0.4) is 0 Å². The maximum atomic E-state index is 15.0. The number of pyridine rings is 2. The first kappa shape index (κ1) is 26.3. The number of esters is 1. The normalized spacial score (nSPS) is 20.5. The number of ketones is 1. The van der Waals surface area contributed by atoms with Crippen LogP contribution in [-0.2, 0) is 44.3 Å². The number of halogens is 1. The monoisotopic (exact) mass is 548 g/mol. The summed E-state index contributed by atoms with van der Waals surface area (Å²) in [6, 6.07) is 2.48. The molecule has 3 aliphatic rings. The van der Waals surface area contributed by atoms with Gasteiger partial charge in [0.15, 0.2) is 11.4 Å². The van der Waals surface area contributed by atoms with Crippen LogP contribution in [-0.4, -0.2) is 45.9 Å². The fraction of sp³-hybridized carbons (Fsp3) is 0.414. The van der Waals surface area contributed by atoms with E-state index in [1.165, 1.54) is 10.6 Å². The largest absolute Gasteiger partial charge is 0.458 e. The van der Waals surface area contributed by atoms with Gasteiger partial charge in [-0.05, 0) is 56.0 Å². The molecule has 0 saturated heterocycles. The van der Waals surface area contributed by atoms with Gasteiger partial charge in [0, 0.05) is 22.6 Å². The van der Waals surface area contributed by atoms with Crippen molar-refractivity contribution in [2.24, 2.45) is 0 Å². The number of aromatic nitrogens is 2. The molecule has 2 atom stereocenters. The van der Waals surface area contributed by atoms with Crippen LogP contribution in [0.5, 0.6) is 0 Å². The van der Waals surface area contributed by atoms with E-state index in [1.54, 1.807) is 27.0 Å². The highest BCUT2D eigenvalue weighted by molar-refractivity contribution is 6.00. The Morgan fingerprint density at radius 2 is 2.02 bits per heavy atom. The smallest absolute Gasteiger partial charge is 0.343 e. The minimum absolute atomic E-state index is 0.0131. The van der Waals surface area contributed by atoms with E-state index < -0.39 is 34.9 Å². The fourth-order valence-corrected chi connectivity index (χ4v) is 6.38. The van der Waals surface area contributed by atoms with Gasteiger partial charge in [0.1, 0.15) is 12.4 Å². The second-order valence-electron chi connectivity index (χ2n) is 10.7. The molecule has 208 valence electrons. The van der Waals surface area contributed by atoms with Crippen molar-refractivity contribution in [3.8, 4) is 11.4 Å². The van der Waals surface area contributed by atoms with E-state index in [9.17, 15) is 24.3 Å². The van der Waals surface area contributed by atoms with Gasteiger partial charge in [0.2, 0.25) is 5.91 Å². The summed E-state index contributed by atoms with van der Waals surface area (Å²) in [5, 5.41) is 17.7. The Morgan fingerprint density at radius 3 is 2.75 bits per heavy atom. The molecule has 1 amide bonds. The third-order valence-electron chi connectivity index (χ3n) is 8.44. The molecule has 0 bridgehead atoms. The van der Waals surface area contributed by atoms with E-state index in [0.717, 1.165) is 16.5 Å². The van der Waals surface area contributed by atoms with Crippen molar-refractivity contribution in [1.82, 2.24) is 20.2 Å². The molecule has 6 rings (SSSR count). The fourth-order valence-electron chi connectivity index (χ4n) is 6.38. The van der Waals surface area contributed by atoms with E-state index in [-0.39, 0.29) is 49.4 Å². The summed E-state index contributed by atoms with van der Waals surface area (Å²) in [4.78, 5) is 55.9. The molecule has 2 aliphatic heterocycles. The lowest BCUT2D eigenvalue weighted by Crippen LogP contribution is -2.44. The third-order valence-corrected chi connectivity index (χ3v) is 8.44. The average molecular weight is 549 g/mol. The summed E-state index contributed by atoms with van der Waals surface area (Å²) >= 11 is 0. The van der Waals surface area contributed by atoms with Crippen molar-refractivity contribution in [3.05, 3.63) is 61.7 Å². The molecule has 1 aliphatic carbocycles. The first-order chi connectivity index (χ1) is 19.1. The van der Waals surface area contributed by atoms with Crippen molar-refractivity contribution in [3.63, 3.8) is 0 Å². The first-order valence-electron chi connectivity index (χ1n) is 13.4. The zero-order valence-electron chi connectivity index (χ0n) is 22.4. The number of aliphatic hydroxyl groups is 1. The van der Waals surface area contributed by atoms with Gasteiger partial charge < -0.3 is 25.0 Å². The molecule has 1 aromatic carbocycles. The highest BCUT2D eigenvalue weighted by Gasteiger charge is 2.46. The van der Waals surface area contributed by atoms with Gasteiger partial charge in [0.25, 0.3) is 5.56 Å². The number of hydrogen-bond acceptors (Lipinski definition) is 8. The summed E-state index contributed by atoms with van der Waals surface area (Å²) in [7, 11) is 1.63. The molecule has 0 unspecified atom stereocenters. The number of likely N-dealkylation sites (N-methyl/N-ethyl adjacent to an activating group) is 1. The lowest BCUT2D eigenvalue weighted by atomic mass is 9.81. The van der Waals surface area contributed by atoms with Gasteiger partial charge in [-0.3, -0.25) is 14.4 Å². The maximum Gasteiger partial charge on any atom is 0.343 e. The minimum Gasteiger partial charge on any atom is -0.458 e. The number of Topliss-reactive ketones (excluding diaryl/α,β-unsaturated/α-hetero) is 1. The number of carbonyl (C=O) groups is 3. The average Bonchev–Trinajstić information content (AvgIpc) is 3.29. The molecule has 4 heterocycles. The molecular weight excluding hydrogens is 519 g/mol. The topological polar surface area (TPSA) is 140 Å². The first-order valence-corrected chi connectivity index (χ1v) is 13.4. The molecule has 0 saturated carbocycles. The standard InChI is InChI=1S/C29H29FN4O6/c1-4-29(39)18-8-22-26-16(11-34(22)27(37)17(18)12-40-28(29)38)25-20(32-23(36)7-14(35)10-31-3)6-5-15-13(2)19(30)9-21(33-26)24(15)25/h8-9,20,31,39H,4-7,10-12H2,1-3H3,(H,32,36)/t20-,29-/m0/s1. The van der Waals surface area contributed by atoms with Gasteiger partial charge in [-0.25, -0.2) is 14.2 Å². The number of carbonyl (C=O) groups excluding carboxylic acids is 3. The lowest BCUT2D eigenvalue weighted by Gasteiger charge is -2.31. The quantitative estimate of drug-likeness (QED) is 0.245. The molecule has 40 heavy (non-hydrogen) atoms. The summed E-state index contributed by atoms with van der Waals surface area (Å²) in [6.07, 6.45) is 0.722. The van der Waals surface area contributed by atoms with Crippen LogP contribution in [0.25, 0.3) is 22.3 Å². The molecule has 3 N–H and O–H groups in total. The molecular formula is C29H29FN4O6. The molecule has 11 heteroatoms. The number of amides is 1. The van der Waals surface area contributed by atoms with Crippen molar-refractivity contribution < 1.29 is 28.6 Å². The van der Waals surface area contributed by atoms with Crippen LogP contribution in [0, 0.1) is 12.7 Å². The van der Waals surface area contributed by atoms with Crippen molar-refractivity contribution in [2.45, 2.75) is 64.3 Å². The van der Waals surface area contributed by atoms with Crippen LogP contribution in [0.4, 0.5) is 4.39 Å². The van der Waals surface area contributed by atoms with Gasteiger partial charge in [-0.2, -0.15) is 0 Å². The zero-order valence-corrected chi connectivity index (χ0v) is 22.4. The van der Waals surface area contributed by atoms with Crippen LogP contribution in [0.1, 0.15) is 65.6 Å². The summed E-state index contributed by atoms with van der Waals surface area (Å²) < 4.78 is 21.7. The Kier molecular flexibility index (Phi) is 6.11. The van der Waals surface area contributed by atoms with Gasteiger partial charge >= 0.3 is 5.97 Å². The van der Waals surface area contributed by atoms with E-state index in [2.05, 4.69) is 10.6 Å². The number of nitrogens with one attached hydrogen (secondary N) is 2. The summed E-state index contributed by atoms with van der Waals surface area (Å²) in [6.45, 7) is 3.32. The molecule has 0 fully saturated rings. The predicted molar refractivity (Wildman–Crippen MR) is 142 cm³/mol. The van der Waals surface area contributed by atoms with Gasteiger partial charge in [0.05, 0.1) is 48.0 Å². The van der Waals surface area contributed by atoms with Crippen LogP contribution in [0.2, 0.25) is 0 Å². The number of aryl methyl sites for hydroxylation is 1. The van der Waals surface area contributed by atoms with E-state index >= 15 is 4.39 Å². The van der Waals surface area contributed by atoms with Crippen LogP contribution in [0.15, 0.2) is 16.9 Å². The highest BCUT2D eigenvalue weighted by Crippen LogP contribution is 2.45.